The molecule has 4 aromatic rings. The number of hydrogen-bond acceptors (Lipinski definition) is 6. The van der Waals surface area contributed by atoms with E-state index in [1.165, 1.54) is 37.4 Å². The average Bonchev–Trinajstić information content (AvgIpc) is 3.22. The Balaban J connectivity index is 2.14. The van der Waals surface area contributed by atoms with Crippen molar-refractivity contribution in [3.63, 3.8) is 0 Å². The van der Waals surface area contributed by atoms with Crippen LogP contribution in [0.2, 0.25) is 0 Å². The summed E-state index contributed by atoms with van der Waals surface area (Å²) in [5, 5.41) is 0.633. The minimum absolute atomic E-state index is 0.120. The van der Waals surface area contributed by atoms with E-state index in [9.17, 15) is 13.2 Å². The Bertz CT molecular complexity index is 1410. The second-order valence-corrected chi connectivity index (χ2v) is 8.74. The molecule has 0 amide bonds. The number of carbonyl (C=O) groups is 1. The van der Waals surface area contributed by atoms with Crippen LogP contribution >= 0.6 is 0 Å². The predicted octanol–water partition coefficient (Wildman–Crippen LogP) is 4.38. The van der Waals surface area contributed by atoms with Crippen molar-refractivity contribution in [1.82, 2.24) is 3.97 Å². The van der Waals surface area contributed by atoms with E-state index < -0.39 is 10.0 Å². The van der Waals surface area contributed by atoms with Gasteiger partial charge in [-0.3, -0.25) is 4.79 Å². The lowest BCUT2D eigenvalue weighted by atomic mass is 10.0. The fraction of sp³-hybridized carbons (Fsp3) is 0.125. The van der Waals surface area contributed by atoms with Crippen molar-refractivity contribution >= 4 is 27.2 Å². The van der Waals surface area contributed by atoms with Gasteiger partial charge in [0.25, 0.3) is 10.0 Å². The molecule has 1 aromatic heterocycles. The van der Waals surface area contributed by atoms with Crippen LogP contribution in [0.1, 0.15) is 10.4 Å². The van der Waals surface area contributed by atoms with Crippen molar-refractivity contribution < 1.29 is 27.4 Å². The minimum Gasteiger partial charge on any atom is -0.497 e. The van der Waals surface area contributed by atoms with Crippen LogP contribution in [0.3, 0.4) is 0 Å². The lowest BCUT2D eigenvalue weighted by molar-refractivity contribution is 0.112. The number of rotatable bonds is 7. The van der Waals surface area contributed by atoms with Crippen molar-refractivity contribution in [2.24, 2.45) is 0 Å². The molecule has 0 N–H and O–H groups in total. The molecule has 0 spiro atoms. The second-order valence-electron chi connectivity index (χ2n) is 6.95. The van der Waals surface area contributed by atoms with Crippen LogP contribution in [0.5, 0.6) is 17.2 Å². The summed E-state index contributed by atoms with van der Waals surface area (Å²) < 4.78 is 44.9. The van der Waals surface area contributed by atoms with Crippen LogP contribution < -0.4 is 14.2 Å². The SMILES string of the molecule is COc1cc(C=O)c(-c2cc3cc(OC)ccc3n2S(=O)(=O)c2ccccc2)c(OC)c1. The third kappa shape index (κ3) is 3.48. The molecule has 3 aromatic carbocycles. The molecule has 1 heterocycles. The molecule has 0 saturated heterocycles. The third-order valence-corrected chi connectivity index (χ3v) is 6.93. The molecule has 8 heteroatoms. The van der Waals surface area contributed by atoms with E-state index in [2.05, 4.69) is 0 Å². The summed E-state index contributed by atoms with van der Waals surface area (Å²) in [7, 11) is 0.457. The molecule has 0 unspecified atom stereocenters. The Morgan fingerprint density at radius 3 is 2.16 bits per heavy atom. The number of benzene rings is 3. The molecule has 0 aliphatic rings. The fourth-order valence-corrected chi connectivity index (χ4v) is 5.22. The number of ether oxygens (including phenoxy) is 3. The van der Waals surface area contributed by atoms with Crippen LogP contribution in [0.4, 0.5) is 0 Å². The molecule has 0 saturated carbocycles. The van der Waals surface area contributed by atoms with E-state index in [0.717, 1.165) is 0 Å². The lowest BCUT2D eigenvalue weighted by Crippen LogP contribution is -2.14. The highest BCUT2D eigenvalue weighted by Gasteiger charge is 2.27. The monoisotopic (exact) mass is 451 g/mol. The van der Waals surface area contributed by atoms with Gasteiger partial charge in [0.1, 0.15) is 17.2 Å². The summed E-state index contributed by atoms with van der Waals surface area (Å²) >= 11 is 0. The number of hydrogen-bond donors (Lipinski definition) is 0. The quantitative estimate of drug-likeness (QED) is 0.388. The smallest absolute Gasteiger partial charge is 0.268 e. The number of aldehydes is 1. The zero-order valence-electron chi connectivity index (χ0n) is 17.7. The first-order chi connectivity index (χ1) is 15.4. The number of carbonyl (C=O) groups excluding carboxylic acids is 1. The summed E-state index contributed by atoms with van der Waals surface area (Å²) in [6, 6.07) is 18.1. The van der Waals surface area contributed by atoms with Gasteiger partial charge in [0.15, 0.2) is 6.29 Å². The highest BCUT2D eigenvalue weighted by atomic mass is 32.2. The fourth-order valence-electron chi connectivity index (χ4n) is 3.68. The van der Waals surface area contributed by atoms with Crippen LogP contribution in [0.15, 0.2) is 71.6 Å². The first-order valence-electron chi connectivity index (χ1n) is 9.66. The molecule has 0 atom stereocenters. The molecular formula is C24H21NO6S. The molecule has 0 aliphatic heterocycles. The van der Waals surface area contributed by atoms with E-state index in [-0.39, 0.29) is 10.5 Å². The Hall–Kier alpha value is -3.78. The Morgan fingerprint density at radius 2 is 1.53 bits per heavy atom. The highest BCUT2D eigenvalue weighted by molar-refractivity contribution is 7.90. The zero-order chi connectivity index (χ0) is 22.9. The molecule has 164 valence electrons. The van der Waals surface area contributed by atoms with Crippen LogP contribution in [-0.2, 0) is 10.0 Å². The van der Waals surface area contributed by atoms with Crippen molar-refractivity contribution in [2.45, 2.75) is 4.90 Å². The van der Waals surface area contributed by atoms with Gasteiger partial charge in [-0.2, -0.15) is 0 Å². The van der Waals surface area contributed by atoms with Gasteiger partial charge < -0.3 is 14.2 Å². The molecule has 4 rings (SSSR count). The van der Waals surface area contributed by atoms with Gasteiger partial charge in [0, 0.05) is 17.0 Å². The summed E-state index contributed by atoms with van der Waals surface area (Å²) in [4.78, 5) is 12.1. The van der Waals surface area contributed by atoms with Crippen LogP contribution in [0.25, 0.3) is 22.2 Å². The summed E-state index contributed by atoms with van der Waals surface area (Å²) in [5.41, 5.74) is 1.32. The van der Waals surface area contributed by atoms with Gasteiger partial charge in [-0.15, -0.1) is 0 Å². The van der Waals surface area contributed by atoms with Gasteiger partial charge in [-0.25, -0.2) is 12.4 Å². The molecular weight excluding hydrogens is 430 g/mol. The van der Waals surface area contributed by atoms with Gasteiger partial charge in [0.2, 0.25) is 0 Å². The normalized spacial score (nSPS) is 11.3. The molecule has 0 radical (unpaired) electrons. The summed E-state index contributed by atoms with van der Waals surface area (Å²) in [6.07, 6.45) is 0.651. The molecule has 0 fully saturated rings. The first-order valence-corrected chi connectivity index (χ1v) is 11.1. The molecule has 0 aliphatic carbocycles. The van der Waals surface area contributed by atoms with Gasteiger partial charge in [-0.05, 0) is 42.5 Å². The van der Waals surface area contributed by atoms with E-state index in [1.54, 1.807) is 54.6 Å². The van der Waals surface area contributed by atoms with Crippen LogP contribution in [-0.4, -0.2) is 40.0 Å². The van der Waals surface area contributed by atoms with Gasteiger partial charge in [0.05, 0.1) is 43.0 Å². The Morgan fingerprint density at radius 1 is 0.812 bits per heavy atom. The van der Waals surface area contributed by atoms with Crippen molar-refractivity contribution in [3.8, 4) is 28.5 Å². The first kappa shape index (κ1) is 21.5. The molecule has 32 heavy (non-hydrogen) atoms. The van der Waals surface area contributed by atoms with E-state index in [1.807, 2.05) is 0 Å². The molecule has 0 bridgehead atoms. The van der Waals surface area contributed by atoms with E-state index in [4.69, 9.17) is 14.2 Å². The van der Waals surface area contributed by atoms with Gasteiger partial charge >= 0.3 is 0 Å². The van der Waals surface area contributed by atoms with Crippen molar-refractivity contribution in [1.29, 1.82) is 0 Å². The number of nitrogens with zero attached hydrogens (tertiary/aromatic N) is 1. The Labute approximate surface area is 185 Å². The zero-order valence-corrected chi connectivity index (χ0v) is 18.5. The second kappa shape index (κ2) is 8.39. The standard InChI is InChI=1S/C24H21NO6S/c1-29-18-9-10-21-16(11-18)13-22(25(21)32(27,28)20-7-5-4-6-8-20)24-17(15-26)12-19(30-2)14-23(24)31-3/h4-15H,1-3H3. The topological polar surface area (TPSA) is 83.8 Å². The van der Waals surface area contributed by atoms with Gasteiger partial charge in [-0.1, -0.05) is 18.2 Å². The summed E-state index contributed by atoms with van der Waals surface area (Å²) in [5.74, 6) is 1.31. The van der Waals surface area contributed by atoms with Crippen molar-refractivity contribution in [3.05, 3.63) is 72.3 Å². The average molecular weight is 452 g/mol. The number of fused-ring (bicyclic) bond motifs is 1. The largest absolute Gasteiger partial charge is 0.497 e. The Kier molecular flexibility index (Phi) is 5.63. The van der Waals surface area contributed by atoms with Crippen molar-refractivity contribution in [2.75, 3.05) is 21.3 Å². The molecule has 7 nitrogen and oxygen atoms in total. The van der Waals surface area contributed by atoms with Crippen LogP contribution in [0, 0.1) is 0 Å². The highest BCUT2D eigenvalue weighted by Crippen LogP contribution is 2.41. The third-order valence-electron chi connectivity index (χ3n) is 5.19. The minimum atomic E-state index is -4.01. The maximum atomic E-state index is 13.8. The maximum Gasteiger partial charge on any atom is 0.268 e. The van der Waals surface area contributed by atoms with E-state index >= 15 is 0 Å². The number of aromatic nitrogens is 1. The number of methoxy groups -OCH3 is 3. The summed E-state index contributed by atoms with van der Waals surface area (Å²) in [6.45, 7) is 0. The lowest BCUT2D eigenvalue weighted by Gasteiger charge is -2.16. The van der Waals surface area contributed by atoms with E-state index in [0.29, 0.717) is 45.7 Å². The predicted molar refractivity (Wildman–Crippen MR) is 121 cm³/mol. The maximum absolute atomic E-state index is 13.8.